The Labute approximate surface area is 120 Å². The molecule has 1 fully saturated rings. The minimum atomic E-state index is 0.153. The summed E-state index contributed by atoms with van der Waals surface area (Å²) in [6.45, 7) is 1.33. The lowest BCUT2D eigenvalue weighted by Gasteiger charge is -2.30. The van der Waals surface area contributed by atoms with Crippen molar-refractivity contribution in [3.8, 4) is 5.75 Å². The standard InChI is InChI=1S/C16H24N2O2/c1-18(11-13-4-8-15(19)9-5-13)16(20)14-6-2-12(10-17)3-7-14/h4-5,8-9,12,14,19H,2-3,6-7,10-11,17H2,1H3. The SMILES string of the molecule is CN(Cc1ccc(O)cc1)C(=O)C1CCC(CN)CC1. The van der Waals surface area contributed by atoms with Gasteiger partial charge in [-0.1, -0.05) is 12.1 Å². The van der Waals surface area contributed by atoms with Crippen LogP contribution in [0.15, 0.2) is 24.3 Å². The maximum absolute atomic E-state index is 12.4. The number of carbonyl (C=O) groups excluding carboxylic acids is 1. The second-order valence-electron chi connectivity index (χ2n) is 5.81. The number of nitrogens with two attached hydrogens (primary N) is 1. The quantitative estimate of drug-likeness (QED) is 0.885. The molecule has 20 heavy (non-hydrogen) atoms. The van der Waals surface area contributed by atoms with E-state index >= 15 is 0 Å². The molecule has 1 aromatic rings. The Morgan fingerprint density at radius 2 is 1.85 bits per heavy atom. The Kier molecular flexibility index (Phi) is 5.01. The highest BCUT2D eigenvalue weighted by atomic mass is 16.3. The monoisotopic (exact) mass is 276 g/mol. The molecule has 1 aromatic carbocycles. The third kappa shape index (κ3) is 3.73. The van der Waals surface area contributed by atoms with Crippen molar-refractivity contribution in [2.75, 3.05) is 13.6 Å². The van der Waals surface area contributed by atoms with Gasteiger partial charge in [0.25, 0.3) is 0 Å². The summed E-state index contributed by atoms with van der Waals surface area (Å²) in [4.78, 5) is 14.2. The minimum absolute atomic E-state index is 0.153. The Bertz CT molecular complexity index is 436. The van der Waals surface area contributed by atoms with Gasteiger partial charge in [-0.25, -0.2) is 0 Å². The molecule has 0 unspecified atom stereocenters. The van der Waals surface area contributed by atoms with Crippen LogP contribution in [0, 0.1) is 11.8 Å². The fourth-order valence-electron chi connectivity index (χ4n) is 2.91. The van der Waals surface area contributed by atoms with Crippen molar-refractivity contribution >= 4 is 5.91 Å². The second-order valence-corrected chi connectivity index (χ2v) is 5.81. The van der Waals surface area contributed by atoms with Crippen LogP contribution < -0.4 is 5.73 Å². The van der Waals surface area contributed by atoms with E-state index in [0.29, 0.717) is 12.5 Å². The van der Waals surface area contributed by atoms with Gasteiger partial charge < -0.3 is 15.7 Å². The molecule has 1 aliphatic rings. The van der Waals surface area contributed by atoms with Crippen molar-refractivity contribution < 1.29 is 9.90 Å². The van der Waals surface area contributed by atoms with Crippen LogP contribution in [0.3, 0.4) is 0 Å². The molecule has 3 N–H and O–H groups in total. The number of phenolic OH excluding ortho intramolecular Hbond substituents is 1. The molecule has 0 aromatic heterocycles. The number of aromatic hydroxyl groups is 1. The topological polar surface area (TPSA) is 66.6 Å². The highest BCUT2D eigenvalue weighted by Crippen LogP contribution is 2.29. The summed E-state index contributed by atoms with van der Waals surface area (Å²) >= 11 is 0. The van der Waals surface area contributed by atoms with E-state index in [1.807, 2.05) is 19.2 Å². The van der Waals surface area contributed by atoms with Crippen molar-refractivity contribution in [2.45, 2.75) is 32.2 Å². The second kappa shape index (κ2) is 6.75. The Morgan fingerprint density at radius 3 is 2.40 bits per heavy atom. The fourth-order valence-corrected chi connectivity index (χ4v) is 2.91. The van der Waals surface area contributed by atoms with Crippen LogP contribution in [0.5, 0.6) is 5.75 Å². The zero-order chi connectivity index (χ0) is 14.5. The summed E-state index contributed by atoms with van der Waals surface area (Å²) in [6, 6.07) is 7.01. The van der Waals surface area contributed by atoms with Gasteiger partial charge in [0.2, 0.25) is 5.91 Å². The number of phenols is 1. The third-order valence-corrected chi connectivity index (χ3v) is 4.26. The smallest absolute Gasteiger partial charge is 0.225 e. The first kappa shape index (κ1) is 14.9. The largest absolute Gasteiger partial charge is 0.508 e. The average Bonchev–Trinajstić information content (AvgIpc) is 2.49. The maximum atomic E-state index is 12.4. The van der Waals surface area contributed by atoms with E-state index in [2.05, 4.69) is 0 Å². The van der Waals surface area contributed by atoms with Crippen LogP contribution in [-0.2, 0) is 11.3 Å². The molecule has 110 valence electrons. The Balaban J connectivity index is 1.87. The van der Waals surface area contributed by atoms with Crippen LogP contribution in [0.4, 0.5) is 0 Å². The van der Waals surface area contributed by atoms with Gasteiger partial charge in [-0.15, -0.1) is 0 Å². The van der Waals surface area contributed by atoms with Gasteiger partial charge in [-0.2, -0.15) is 0 Å². The zero-order valence-electron chi connectivity index (χ0n) is 12.1. The summed E-state index contributed by atoms with van der Waals surface area (Å²) in [5, 5.41) is 9.26. The van der Waals surface area contributed by atoms with Crippen LogP contribution in [-0.4, -0.2) is 29.5 Å². The first-order valence-electron chi connectivity index (χ1n) is 7.33. The molecule has 0 saturated heterocycles. The van der Waals surface area contributed by atoms with Gasteiger partial charge in [0.05, 0.1) is 0 Å². The first-order valence-corrected chi connectivity index (χ1v) is 7.33. The number of carbonyl (C=O) groups is 1. The maximum Gasteiger partial charge on any atom is 0.225 e. The molecular weight excluding hydrogens is 252 g/mol. The highest BCUT2D eigenvalue weighted by Gasteiger charge is 2.27. The van der Waals surface area contributed by atoms with Crippen molar-refractivity contribution in [1.82, 2.24) is 4.90 Å². The van der Waals surface area contributed by atoms with Gasteiger partial charge >= 0.3 is 0 Å². The molecular formula is C16H24N2O2. The molecule has 1 aliphatic carbocycles. The van der Waals surface area contributed by atoms with E-state index in [4.69, 9.17) is 5.73 Å². The number of nitrogens with zero attached hydrogens (tertiary/aromatic N) is 1. The lowest BCUT2D eigenvalue weighted by atomic mass is 9.81. The molecule has 0 atom stereocenters. The summed E-state index contributed by atoms with van der Waals surface area (Å²) in [5.74, 6) is 1.23. The van der Waals surface area contributed by atoms with E-state index < -0.39 is 0 Å². The van der Waals surface area contributed by atoms with Gasteiger partial charge in [0, 0.05) is 19.5 Å². The zero-order valence-corrected chi connectivity index (χ0v) is 12.1. The molecule has 1 saturated carbocycles. The first-order chi connectivity index (χ1) is 9.60. The third-order valence-electron chi connectivity index (χ3n) is 4.26. The lowest BCUT2D eigenvalue weighted by molar-refractivity contribution is -0.136. The normalized spacial score (nSPS) is 22.5. The van der Waals surface area contributed by atoms with Gasteiger partial charge in [-0.3, -0.25) is 4.79 Å². The molecule has 2 rings (SSSR count). The Morgan fingerprint density at radius 1 is 1.25 bits per heavy atom. The fraction of sp³-hybridized carbons (Fsp3) is 0.562. The van der Waals surface area contributed by atoms with E-state index in [1.165, 1.54) is 0 Å². The molecule has 0 heterocycles. The number of hydrogen-bond acceptors (Lipinski definition) is 3. The predicted octanol–water partition coefficient (Wildman–Crippen LogP) is 2.12. The van der Waals surface area contributed by atoms with Crippen LogP contribution >= 0.6 is 0 Å². The number of rotatable bonds is 4. The summed E-state index contributed by atoms with van der Waals surface area (Å²) in [6.07, 6.45) is 4.06. The highest BCUT2D eigenvalue weighted by molar-refractivity contribution is 5.78. The molecule has 0 aliphatic heterocycles. The van der Waals surface area contributed by atoms with Crippen molar-refractivity contribution in [3.05, 3.63) is 29.8 Å². The van der Waals surface area contributed by atoms with Gasteiger partial charge in [0.15, 0.2) is 0 Å². The summed E-state index contributed by atoms with van der Waals surface area (Å²) < 4.78 is 0. The molecule has 4 heteroatoms. The Hall–Kier alpha value is -1.55. The molecule has 0 radical (unpaired) electrons. The number of hydrogen-bond donors (Lipinski definition) is 2. The van der Waals surface area contributed by atoms with Crippen molar-refractivity contribution in [1.29, 1.82) is 0 Å². The molecule has 1 amide bonds. The van der Waals surface area contributed by atoms with E-state index in [1.54, 1.807) is 17.0 Å². The minimum Gasteiger partial charge on any atom is -0.508 e. The number of amides is 1. The average molecular weight is 276 g/mol. The van der Waals surface area contributed by atoms with Crippen LogP contribution in [0.2, 0.25) is 0 Å². The van der Waals surface area contributed by atoms with Crippen molar-refractivity contribution in [3.63, 3.8) is 0 Å². The van der Waals surface area contributed by atoms with E-state index in [-0.39, 0.29) is 17.6 Å². The summed E-state index contributed by atoms with van der Waals surface area (Å²) in [7, 11) is 1.85. The van der Waals surface area contributed by atoms with E-state index in [9.17, 15) is 9.90 Å². The summed E-state index contributed by atoms with van der Waals surface area (Å²) in [5.41, 5.74) is 6.72. The molecule has 4 nitrogen and oxygen atoms in total. The van der Waals surface area contributed by atoms with Crippen LogP contribution in [0.25, 0.3) is 0 Å². The van der Waals surface area contributed by atoms with Gasteiger partial charge in [0.1, 0.15) is 5.75 Å². The molecule has 0 spiro atoms. The number of benzene rings is 1. The van der Waals surface area contributed by atoms with Gasteiger partial charge in [-0.05, 0) is 55.8 Å². The molecule has 0 bridgehead atoms. The van der Waals surface area contributed by atoms with Crippen molar-refractivity contribution in [2.24, 2.45) is 17.6 Å². The lowest BCUT2D eigenvalue weighted by Crippen LogP contribution is -2.35. The van der Waals surface area contributed by atoms with Crippen LogP contribution in [0.1, 0.15) is 31.2 Å². The predicted molar refractivity (Wildman–Crippen MR) is 79.1 cm³/mol. The van der Waals surface area contributed by atoms with E-state index in [0.717, 1.165) is 37.8 Å².